The predicted octanol–water partition coefficient (Wildman–Crippen LogP) is 4.13. The molecule has 0 aliphatic carbocycles. The maximum atomic E-state index is 12.8. The lowest BCUT2D eigenvalue weighted by Crippen LogP contribution is -2.17. The molecule has 2 aromatic carbocycles. The number of carbonyl (C=O) groups excluding carboxylic acids is 2. The molecular weight excluding hydrogens is 386 g/mol. The minimum Gasteiger partial charge on any atom is -0.495 e. The number of methoxy groups -OCH3 is 1. The van der Waals surface area contributed by atoms with Crippen LogP contribution in [0.25, 0.3) is 10.6 Å². The van der Waals surface area contributed by atoms with Crippen molar-refractivity contribution in [1.82, 2.24) is 4.98 Å². The van der Waals surface area contributed by atoms with Crippen molar-refractivity contribution < 1.29 is 14.3 Å². The van der Waals surface area contributed by atoms with Crippen LogP contribution in [0.1, 0.15) is 26.3 Å². The van der Waals surface area contributed by atoms with Gasteiger partial charge >= 0.3 is 0 Å². The molecule has 0 fully saturated rings. The van der Waals surface area contributed by atoms with Gasteiger partial charge < -0.3 is 15.8 Å². The number of halogens is 1. The Labute approximate surface area is 164 Å². The van der Waals surface area contributed by atoms with Crippen molar-refractivity contribution in [3.8, 4) is 16.3 Å². The van der Waals surface area contributed by atoms with E-state index in [4.69, 9.17) is 22.1 Å². The van der Waals surface area contributed by atoms with Gasteiger partial charge in [0.2, 0.25) is 0 Å². The van der Waals surface area contributed by atoms with E-state index < -0.39 is 5.91 Å². The van der Waals surface area contributed by atoms with Crippen molar-refractivity contribution in [2.75, 3.05) is 12.4 Å². The number of thiazole rings is 1. The number of aromatic nitrogens is 1. The average Bonchev–Trinajstić information content (AvgIpc) is 3.17. The summed E-state index contributed by atoms with van der Waals surface area (Å²) in [6.45, 7) is 1.84. The summed E-state index contributed by atoms with van der Waals surface area (Å²) < 4.78 is 5.42. The molecule has 3 rings (SSSR count). The Morgan fingerprint density at radius 2 is 2.00 bits per heavy atom. The third-order valence-electron chi connectivity index (χ3n) is 3.98. The topological polar surface area (TPSA) is 94.3 Å². The fourth-order valence-electron chi connectivity index (χ4n) is 2.71. The molecule has 27 heavy (non-hydrogen) atoms. The van der Waals surface area contributed by atoms with Crippen LogP contribution in [0.4, 0.5) is 5.69 Å². The summed E-state index contributed by atoms with van der Waals surface area (Å²) in [6, 6.07) is 8.58. The summed E-state index contributed by atoms with van der Waals surface area (Å²) >= 11 is 7.72. The van der Waals surface area contributed by atoms with Gasteiger partial charge in [0, 0.05) is 17.1 Å². The van der Waals surface area contributed by atoms with Crippen LogP contribution >= 0.6 is 22.9 Å². The number of anilines is 1. The normalized spacial score (nSPS) is 10.5. The number of hydrogen-bond donors (Lipinski definition) is 2. The van der Waals surface area contributed by atoms with Gasteiger partial charge in [-0.1, -0.05) is 29.8 Å². The van der Waals surface area contributed by atoms with Crippen LogP contribution in [0.15, 0.2) is 41.9 Å². The standard InChI is InChI=1S/C19H16ClN3O3S/c1-10-5-3-4-6-11(10)18(25)23-15-13(20)9-12(17(21)24)16(26-2)14(15)19-22-7-8-27-19/h3-9H,1-2H3,(H2,21,24)(H,23,25). The van der Waals surface area contributed by atoms with Crippen LogP contribution in [0.5, 0.6) is 5.75 Å². The maximum Gasteiger partial charge on any atom is 0.255 e. The molecule has 1 aromatic heterocycles. The van der Waals surface area contributed by atoms with Crippen molar-refractivity contribution in [1.29, 1.82) is 0 Å². The third-order valence-corrected chi connectivity index (χ3v) is 5.06. The lowest BCUT2D eigenvalue weighted by molar-refractivity contribution is 0.0995. The van der Waals surface area contributed by atoms with Gasteiger partial charge in [-0.3, -0.25) is 9.59 Å². The Hall–Kier alpha value is -2.90. The molecule has 0 atom stereocenters. The number of benzene rings is 2. The number of primary amides is 1. The van der Waals surface area contributed by atoms with Crippen molar-refractivity contribution in [3.63, 3.8) is 0 Å². The number of rotatable bonds is 5. The maximum absolute atomic E-state index is 12.8. The van der Waals surface area contributed by atoms with E-state index in [1.807, 2.05) is 19.1 Å². The van der Waals surface area contributed by atoms with E-state index in [0.717, 1.165) is 5.56 Å². The van der Waals surface area contributed by atoms with Crippen LogP contribution in [0.2, 0.25) is 5.02 Å². The molecule has 2 amide bonds. The lowest BCUT2D eigenvalue weighted by atomic mass is 10.0. The number of amides is 2. The van der Waals surface area contributed by atoms with Gasteiger partial charge in [-0.05, 0) is 24.6 Å². The van der Waals surface area contributed by atoms with Crippen molar-refractivity contribution >= 4 is 40.4 Å². The highest BCUT2D eigenvalue weighted by molar-refractivity contribution is 7.13. The highest BCUT2D eigenvalue weighted by Crippen LogP contribution is 2.44. The number of aryl methyl sites for hydroxylation is 1. The second-order valence-electron chi connectivity index (χ2n) is 5.66. The quantitative estimate of drug-likeness (QED) is 0.672. The molecule has 3 aromatic rings. The molecule has 0 saturated carbocycles. The second-order valence-corrected chi connectivity index (χ2v) is 6.96. The smallest absolute Gasteiger partial charge is 0.255 e. The zero-order chi connectivity index (χ0) is 19.6. The molecule has 0 aliphatic heterocycles. The third kappa shape index (κ3) is 3.65. The predicted molar refractivity (Wildman–Crippen MR) is 107 cm³/mol. The summed E-state index contributed by atoms with van der Waals surface area (Å²) in [4.78, 5) is 28.9. The molecule has 0 spiro atoms. The Balaban J connectivity index is 2.19. The summed E-state index contributed by atoms with van der Waals surface area (Å²) in [5.74, 6) is -0.813. The lowest BCUT2D eigenvalue weighted by Gasteiger charge is -2.18. The monoisotopic (exact) mass is 401 g/mol. The molecule has 0 saturated heterocycles. The van der Waals surface area contributed by atoms with E-state index in [-0.39, 0.29) is 22.2 Å². The molecule has 138 valence electrons. The highest BCUT2D eigenvalue weighted by Gasteiger charge is 2.25. The Bertz CT molecular complexity index is 1020. The van der Waals surface area contributed by atoms with Gasteiger partial charge in [-0.25, -0.2) is 4.98 Å². The van der Waals surface area contributed by atoms with Gasteiger partial charge in [0.25, 0.3) is 11.8 Å². The SMILES string of the molecule is COc1c(C(N)=O)cc(Cl)c(NC(=O)c2ccccc2C)c1-c1nccs1. The van der Waals surface area contributed by atoms with Gasteiger partial charge in [-0.2, -0.15) is 0 Å². The van der Waals surface area contributed by atoms with Crippen LogP contribution in [-0.4, -0.2) is 23.9 Å². The summed E-state index contributed by atoms with van der Waals surface area (Å²) in [6.07, 6.45) is 1.61. The number of nitrogens with zero attached hydrogens (tertiary/aromatic N) is 1. The minimum atomic E-state index is -0.691. The van der Waals surface area contributed by atoms with Crippen molar-refractivity contribution in [3.05, 3.63) is 63.6 Å². The summed E-state index contributed by atoms with van der Waals surface area (Å²) in [7, 11) is 1.42. The van der Waals surface area contributed by atoms with Crippen molar-refractivity contribution in [2.24, 2.45) is 5.73 Å². The van der Waals surface area contributed by atoms with E-state index in [1.165, 1.54) is 24.5 Å². The minimum absolute atomic E-state index is 0.113. The van der Waals surface area contributed by atoms with E-state index in [0.29, 0.717) is 21.8 Å². The fourth-order valence-corrected chi connectivity index (χ4v) is 3.64. The first-order valence-electron chi connectivity index (χ1n) is 7.91. The summed E-state index contributed by atoms with van der Waals surface area (Å²) in [5.41, 5.74) is 7.63. The molecule has 0 aliphatic rings. The molecular formula is C19H16ClN3O3S. The number of carbonyl (C=O) groups is 2. The van der Waals surface area contributed by atoms with Crippen LogP contribution in [0.3, 0.4) is 0 Å². The van der Waals surface area contributed by atoms with Crippen molar-refractivity contribution in [2.45, 2.75) is 6.92 Å². The van der Waals surface area contributed by atoms with Gasteiger partial charge in [0.15, 0.2) is 0 Å². The first-order chi connectivity index (χ1) is 12.9. The van der Waals surface area contributed by atoms with Crippen LogP contribution < -0.4 is 15.8 Å². The fraction of sp³-hybridized carbons (Fsp3) is 0.105. The number of nitrogens with one attached hydrogen (secondary N) is 1. The van der Waals surface area contributed by atoms with Gasteiger partial charge in [-0.15, -0.1) is 11.3 Å². The molecule has 1 heterocycles. The second kappa shape index (κ2) is 7.77. The number of ether oxygens (including phenoxy) is 1. The first-order valence-corrected chi connectivity index (χ1v) is 9.17. The van der Waals surface area contributed by atoms with Gasteiger partial charge in [0.1, 0.15) is 10.8 Å². The van der Waals surface area contributed by atoms with Gasteiger partial charge in [0.05, 0.1) is 28.9 Å². The Morgan fingerprint density at radius 1 is 1.26 bits per heavy atom. The molecule has 0 bridgehead atoms. The number of nitrogens with two attached hydrogens (primary N) is 1. The molecule has 3 N–H and O–H groups in total. The Kier molecular flexibility index (Phi) is 5.43. The van der Waals surface area contributed by atoms with E-state index in [2.05, 4.69) is 10.3 Å². The average molecular weight is 402 g/mol. The zero-order valence-corrected chi connectivity index (χ0v) is 16.1. The molecule has 8 heteroatoms. The highest BCUT2D eigenvalue weighted by atomic mass is 35.5. The summed E-state index contributed by atoms with van der Waals surface area (Å²) in [5, 5.41) is 5.30. The largest absolute Gasteiger partial charge is 0.495 e. The zero-order valence-electron chi connectivity index (χ0n) is 14.6. The Morgan fingerprint density at radius 3 is 2.59 bits per heavy atom. The molecule has 0 unspecified atom stereocenters. The molecule has 6 nitrogen and oxygen atoms in total. The van der Waals surface area contributed by atoms with Crippen LogP contribution in [0, 0.1) is 6.92 Å². The van der Waals surface area contributed by atoms with E-state index in [1.54, 1.807) is 23.7 Å². The first kappa shape index (κ1) is 18.9. The van der Waals surface area contributed by atoms with Crippen LogP contribution in [-0.2, 0) is 0 Å². The number of hydrogen-bond acceptors (Lipinski definition) is 5. The van der Waals surface area contributed by atoms with E-state index in [9.17, 15) is 9.59 Å². The van der Waals surface area contributed by atoms with E-state index >= 15 is 0 Å². The molecule has 0 radical (unpaired) electrons.